The minimum absolute atomic E-state index is 0.00317. The second kappa shape index (κ2) is 7.18. The first kappa shape index (κ1) is 16.7. The van der Waals surface area contributed by atoms with Gasteiger partial charge in [0.25, 0.3) is 0 Å². The van der Waals surface area contributed by atoms with Crippen molar-refractivity contribution in [3.8, 4) is 0 Å². The van der Waals surface area contributed by atoms with Gasteiger partial charge in [0.15, 0.2) is 0 Å². The largest absolute Gasteiger partial charge is 0.352 e. The van der Waals surface area contributed by atoms with Gasteiger partial charge in [-0.3, -0.25) is 14.5 Å². The van der Waals surface area contributed by atoms with Crippen LogP contribution in [0, 0.1) is 5.41 Å². The van der Waals surface area contributed by atoms with Crippen LogP contribution in [0.5, 0.6) is 0 Å². The summed E-state index contributed by atoms with van der Waals surface area (Å²) in [7, 11) is 0. The molecule has 0 radical (unpaired) electrons. The molecule has 2 aliphatic rings. The Morgan fingerprint density at radius 2 is 1.79 bits per heavy atom. The predicted octanol–water partition coefficient (Wildman–Crippen LogP) is 1.41. The van der Waals surface area contributed by atoms with Crippen LogP contribution in [0.1, 0.15) is 18.4 Å². The molecule has 0 atom stereocenters. The molecule has 1 saturated carbocycles. The van der Waals surface area contributed by atoms with Gasteiger partial charge < -0.3 is 10.2 Å². The molecular weight excluding hydrogens is 302 g/mol. The molecule has 1 aromatic rings. The average molecular weight is 327 g/mol. The van der Waals surface area contributed by atoms with Crippen molar-refractivity contribution in [1.82, 2.24) is 15.1 Å². The molecule has 2 amide bonds. The zero-order valence-electron chi connectivity index (χ0n) is 14.0. The van der Waals surface area contributed by atoms with Crippen molar-refractivity contribution in [2.75, 3.05) is 32.7 Å². The summed E-state index contributed by atoms with van der Waals surface area (Å²) >= 11 is 0. The van der Waals surface area contributed by atoms with E-state index in [9.17, 15) is 9.59 Å². The number of carbonyl (C=O) groups is 2. The summed E-state index contributed by atoms with van der Waals surface area (Å²) < 4.78 is 0. The first-order valence-corrected chi connectivity index (χ1v) is 8.60. The third-order valence-electron chi connectivity index (χ3n) is 4.91. The molecule has 5 heteroatoms. The molecule has 0 aromatic heterocycles. The Morgan fingerprint density at radius 3 is 2.38 bits per heavy atom. The Bertz CT molecular complexity index is 602. The van der Waals surface area contributed by atoms with Gasteiger partial charge in [0, 0.05) is 39.3 Å². The number of carbonyl (C=O) groups excluding carboxylic acids is 2. The fourth-order valence-electron chi connectivity index (χ4n) is 3.25. The highest BCUT2D eigenvalue weighted by Gasteiger charge is 2.57. The van der Waals surface area contributed by atoms with Crippen molar-refractivity contribution in [2.24, 2.45) is 5.41 Å². The molecule has 5 nitrogen and oxygen atoms in total. The van der Waals surface area contributed by atoms with Crippen LogP contribution in [-0.4, -0.2) is 54.3 Å². The smallest absolute Gasteiger partial charge is 0.238 e. The SMILES string of the molecule is C=CCNC(=O)C1(C(=O)N2CCN(Cc3ccccc3)CC2)CC1. The third-order valence-corrected chi connectivity index (χ3v) is 4.91. The number of hydrogen-bond donors (Lipinski definition) is 1. The van der Waals surface area contributed by atoms with E-state index in [4.69, 9.17) is 0 Å². The van der Waals surface area contributed by atoms with Crippen molar-refractivity contribution in [3.05, 3.63) is 48.6 Å². The van der Waals surface area contributed by atoms with E-state index in [1.807, 2.05) is 23.1 Å². The summed E-state index contributed by atoms with van der Waals surface area (Å²) in [6, 6.07) is 10.4. The normalized spacial score (nSPS) is 19.6. The lowest BCUT2D eigenvalue weighted by Gasteiger charge is -2.36. The second-order valence-corrected chi connectivity index (χ2v) is 6.63. The highest BCUT2D eigenvalue weighted by molar-refractivity contribution is 6.07. The number of benzene rings is 1. The molecule has 0 bridgehead atoms. The molecular formula is C19H25N3O2. The first-order valence-electron chi connectivity index (χ1n) is 8.60. The Hall–Kier alpha value is -2.14. The Morgan fingerprint density at radius 1 is 1.12 bits per heavy atom. The third kappa shape index (κ3) is 3.51. The maximum Gasteiger partial charge on any atom is 0.238 e. The van der Waals surface area contributed by atoms with Crippen LogP contribution in [0.2, 0.25) is 0 Å². The molecule has 128 valence electrons. The van der Waals surface area contributed by atoms with E-state index in [2.05, 4.69) is 28.9 Å². The molecule has 1 aliphatic carbocycles. The summed E-state index contributed by atoms with van der Waals surface area (Å²) in [5, 5.41) is 2.78. The molecule has 1 N–H and O–H groups in total. The van der Waals surface area contributed by atoms with Gasteiger partial charge in [-0.05, 0) is 18.4 Å². The molecule has 2 fully saturated rings. The van der Waals surface area contributed by atoms with E-state index in [1.54, 1.807) is 6.08 Å². The maximum atomic E-state index is 12.8. The van der Waals surface area contributed by atoms with Crippen LogP contribution in [0.25, 0.3) is 0 Å². The molecule has 1 saturated heterocycles. The van der Waals surface area contributed by atoms with Crippen LogP contribution in [0.3, 0.4) is 0 Å². The summed E-state index contributed by atoms with van der Waals surface area (Å²) in [6.45, 7) is 8.02. The molecule has 24 heavy (non-hydrogen) atoms. The summed E-state index contributed by atoms with van der Waals surface area (Å²) in [4.78, 5) is 29.3. The molecule has 1 aliphatic heterocycles. The highest BCUT2D eigenvalue weighted by Crippen LogP contribution is 2.47. The maximum absolute atomic E-state index is 12.8. The zero-order chi connectivity index (χ0) is 17.0. The van der Waals surface area contributed by atoms with Gasteiger partial charge in [0.1, 0.15) is 5.41 Å². The number of rotatable bonds is 6. The van der Waals surface area contributed by atoms with Gasteiger partial charge in [-0.15, -0.1) is 6.58 Å². The lowest BCUT2D eigenvalue weighted by atomic mass is 10.0. The monoisotopic (exact) mass is 327 g/mol. The van der Waals surface area contributed by atoms with Crippen molar-refractivity contribution >= 4 is 11.8 Å². The number of nitrogens with zero attached hydrogens (tertiary/aromatic N) is 2. The Balaban J connectivity index is 1.52. The summed E-state index contributed by atoms with van der Waals surface area (Å²) in [6.07, 6.45) is 2.97. The van der Waals surface area contributed by atoms with Gasteiger partial charge in [0.05, 0.1) is 0 Å². The van der Waals surface area contributed by atoms with Crippen LogP contribution >= 0.6 is 0 Å². The average Bonchev–Trinajstić information content (AvgIpc) is 3.42. The Labute approximate surface area is 143 Å². The van der Waals surface area contributed by atoms with Gasteiger partial charge >= 0.3 is 0 Å². The van der Waals surface area contributed by atoms with E-state index < -0.39 is 5.41 Å². The number of nitrogens with one attached hydrogen (secondary N) is 1. The van der Waals surface area contributed by atoms with Crippen molar-refractivity contribution in [3.63, 3.8) is 0 Å². The fourth-order valence-corrected chi connectivity index (χ4v) is 3.25. The van der Waals surface area contributed by atoms with Crippen LogP contribution in [0.4, 0.5) is 0 Å². The van der Waals surface area contributed by atoms with Crippen molar-refractivity contribution < 1.29 is 9.59 Å². The van der Waals surface area contributed by atoms with Crippen molar-refractivity contribution in [2.45, 2.75) is 19.4 Å². The van der Waals surface area contributed by atoms with Gasteiger partial charge in [0.2, 0.25) is 11.8 Å². The summed E-state index contributed by atoms with van der Waals surface area (Å²) in [5.41, 5.74) is 0.490. The predicted molar refractivity (Wildman–Crippen MR) is 93.2 cm³/mol. The molecule has 1 aromatic carbocycles. The molecule has 1 heterocycles. The van der Waals surface area contributed by atoms with Gasteiger partial charge in [-0.2, -0.15) is 0 Å². The van der Waals surface area contributed by atoms with Gasteiger partial charge in [-0.1, -0.05) is 36.4 Å². The second-order valence-electron chi connectivity index (χ2n) is 6.63. The lowest BCUT2D eigenvalue weighted by molar-refractivity contribution is -0.145. The number of amides is 2. The van der Waals surface area contributed by atoms with E-state index in [-0.39, 0.29) is 11.8 Å². The number of hydrogen-bond acceptors (Lipinski definition) is 3. The minimum atomic E-state index is -0.801. The molecule has 0 spiro atoms. The molecule has 0 unspecified atom stereocenters. The fraction of sp³-hybridized carbons (Fsp3) is 0.474. The molecule has 3 rings (SSSR count). The van der Waals surface area contributed by atoms with E-state index >= 15 is 0 Å². The van der Waals surface area contributed by atoms with Crippen molar-refractivity contribution in [1.29, 1.82) is 0 Å². The first-order chi connectivity index (χ1) is 11.7. The van der Waals surface area contributed by atoms with E-state index in [0.717, 1.165) is 19.6 Å². The zero-order valence-corrected chi connectivity index (χ0v) is 14.0. The number of piperazine rings is 1. The lowest BCUT2D eigenvalue weighted by Crippen LogP contribution is -2.53. The van der Waals surface area contributed by atoms with E-state index in [1.165, 1.54) is 5.56 Å². The van der Waals surface area contributed by atoms with Crippen LogP contribution in [-0.2, 0) is 16.1 Å². The highest BCUT2D eigenvalue weighted by atomic mass is 16.2. The van der Waals surface area contributed by atoms with Crippen LogP contribution < -0.4 is 5.32 Å². The summed E-state index contributed by atoms with van der Waals surface area (Å²) in [5.74, 6) is -0.137. The quantitative estimate of drug-likeness (QED) is 0.635. The standard InChI is InChI=1S/C19H25N3O2/c1-2-10-20-17(23)19(8-9-19)18(24)22-13-11-21(12-14-22)15-16-6-4-3-5-7-16/h2-7H,1,8-15H2,(H,20,23). The minimum Gasteiger partial charge on any atom is -0.352 e. The topological polar surface area (TPSA) is 52.7 Å². The van der Waals surface area contributed by atoms with Crippen LogP contribution in [0.15, 0.2) is 43.0 Å². The van der Waals surface area contributed by atoms with Gasteiger partial charge in [-0.25, -0.2) is 0 Å². The Kier molecular flexibility index (Phi) is 5.00. The van der Waals surface area contributed by atoms with E-state index in [0.29, 0.717) is 32.5 Å².